The van der Waals surface area contributed by atoms with Gasteiger partial charge >= 0.3 is 0 Å². The van der Waals surface area contributed by atoms with Crippen LogP contribution < -0.4 is 0 Å². The summed E-state index contributed by atoms with van der Waals surface area (Å²) in [5.41, 5.74) is 1.47. The van der Waals surface area contributed by atoms with Crippen molar-refractivity contribution >= 4 is 11.8 Å². The molecule has 2 heterocycles. The highest BCUT2D eigenvalue weighted by Crippen LogP contribution is 2.45. The first-order chi connectivity index (χ1) is 13.5. The number of carbonyl (C=O) groups excluding carboxylic acids is 2. The van der Waals surface area contributed by atoms with Crippen LogP contribution >= 0.6 is 0 Å². The van der Waals surface area contributed by atoms with E-state index in [0.29, 0.717) is 18.7 Å². The standard InChI is InChI=1S/C23H26N2O3/c1-24-16-23(15-19(21(24)27)17-7-3-2-4-8-17)11-13-25(14-12-23)22(28)18-9-5-6-10-20(18)26/h2-10,19,26H,11-16H2,1H3/t19-/m0/s1. The number of aromatic hydroxyl groups is 1. The number of rotatable bonds is 2. The average molecular weight is 378 g/mol. The third-order valence-corrected chi connectivity index (χ3v) is 6.33. The summed E-state index contributed by atoms with van der Waals surface area (Å²) in [7, 11) is 1.89. The summed E-state index contributed by atoms with van der Waals surface area (Å²) in [6.07, 6.45) is 2.57. The topological polar surface area (TPSA) is 60.9 Å². The van der Waals surface area contributed by atoms with E-state index in [-0.39, 0.29) is 28.9 Å². The zero-order chi connectivity index (χ0) is 19.7. The molecule has 28 heavy (non-hydrogen) atoms. The molecule has 0 aliphatic carbocycles. The van der Waals surface area contributed by atoms with Crippen molar-refractivity contribution in [3.8, 4) is 5.75 Å². The highest BCUT2D eigenvalue weighted by atomic mass is 16.3. The molecule has 5 nitrogen and oxygen atoms in total. The van der Waals surface area contributed by atoms with Gasteiger partial charge in [-0.15, -0.1) is 0 Å². The maximum atomic E-state index is 12.8. The van der Waals surface area contributed by atoms with Crippen molar-refractivity contribution in [1.29, 1.82) is 0 Å². The van der Waals surface area contributed by atoms with Crippen LogP contribution in [0.15, 0.2) is 54.6 Å². The van der Waals surface area contributed by atoms with E-state index >= 15 is 0 Å². The van der Waals surface area contributed by atoms with Gasteiger partial charge in [0.25, 0.3) is 5.91 Å². The van der Waals surface area contributed by atoms with Gasteiger partial charge in [0.2, 0.25) is 5.91 Å². The lowest BCUT2D eigenvalue weighted by Crippen LogP contribution is -2.53. The third-order valence-electron chi connectivity index (χ3n) is 6.33. The van der Waals surface area contributed by atoms with Gasteiger partial charge in [-0.2, -0.15) is 0 Å². The summed E-state index contributed by atoms with van der Waals surface area (Å²) in [5.74, 6) is -0.0161. The minimum Gasteiger partial charge on any atom is -0.507 e. The molecule has 2 amide bonds. The Morgan fingerprint density at radius 2 is 1.68 bits per heavy atom. The third kappa shape index (κ3) is 3.37. The number of phenolic OH excluding ortho intramolecular Hbond substituents is 1. The van der Waals surface area contributed by atoms with Gasteiger partial charge in [0.1, 0.15) is 5.75 Å². The lowest BCUT2D eigenvalue weighted by molar-refractivity contribution is -0.139. The van der Waals surface area contributed by atoms with Crippen molar-refractivity contribution in [2.45, 2.75) is 25.2 Å². The highest BCUT2D eigenvalue weighted by Gasteiger charge is 2.45. The molecule has 0 bridgehead atoms. The molecule has 2 aliphatic heterocycles. The van der Waals surface area contributed by atoms with Gasteiger partial charge in [0, 0.05) is 26.7 Å². The quantitative estimate of drug-likeness (QED) is 0.873. The molecule has 5 heteroatoms. The number of hydrogen-bond donors (Lipinski definition) is 1. The lowest BCUT2D eigenvalue weighted by atomic mass is 9.67. The van der Waals surface area contributed by atoms with Crippen molar-refractivity contribution in [1.82, 2.24) is 9.80 Å². The molecule has 1 atom stereocenters. The molecular formula is C23H26N2O3. The Morgan fingerprint density at radius 3 is 2.36 bits per heavy atom. The largest absolute Gasteiger partial charge is 0.507 e. The van der Waals surface area contributed by atoms with Crippen LogP contribution in [0.2, 0.25) is 0 Å². The lowest BCUT2D eigenvalue weighted by Gasteiger charge is -2.49. The fraction of sp³-hybridized carbons (Fsp3) is 0.391. The Kier molecular flexibility index (Phi) is 4.84. The molecule has 2 aromatic carbocycles. The molecule has 0 saturated carbocycles. The van der Waals surface area contributed by atoms with Crippen LogP contribution in [0.3, 0.4) is 0 Å². The van der Waals surface area contributed by atoms with Crippen molar-refractivity contribution in [3.05, 3.63) is 65.7 Å². The van der Waals surface area contributed by atoms with Gasteiger partial charge in [-0.25, -0.2) is 0 Å². The van der Waals surface area contributed by atoms with Crippen LogP contribution in [0, 0.1) is 5.41 Å². The van der Waals surface area contributed by atoms with E-state index in [1.807, 2.05) is 47.2 Å². The molecule has 1 spiro atoms. The van der Waals surface area contributed by atoms with Crippen molar-refractivity contribution in [2.75, 3.05) is 26.7 Å². The zero-order valence-corrected chi connectivity index (χ0v) is 16.2. The second-order valence-corrected chi connectivity index (χ2v) is 8.17. The zero-order valence-electron chi connectivity index (χ0n) is 16.2. The van der Waals surface area contributed by atoms with E-state index < -0.39 is 0 Å². The normalized spacial score (nSPS) is 21.8. The molecule has 2 fully saturated rings. The van der Waals surface area contributed by atoms with Crippen LogP contribution in [0.25, 0.3) is 0 Å². The molecule has 0 radical (unpaired) electrons. The van der Waals surface area contributed by atoms with Crippen LogP contribution in [0.1, 0.15) is 41.1 Å². The first kappa shape index (κ1) is 18.5. The van der Waals surface area contributed by atoms with E-state index in [1.54, 1.807) is 24.3 Å². The van der Waals surface area contributed by atoms with E-state index in [2.05, 4.69) is 0 Å². The van der Waals surface area contributed by atoms with E-state index in [4.69, 9.17) is 0 Å². The smallest absolute Gasteiger partial charge is 0.257 e. The first-order valence-electron chi connectivity index (χ1n) is 9.86. The molecule has 4 rings (SSSR count). The number of likely N-dealkylation sites (tertiary alicyclic amines) is 2. The van der Waals surface area contributed by atoms with Gasteiger partial charge in [0.15, 0.2) is 0 Å². The Morgan fingerprint density at radius 1 is 1.04 bits per heavy atom. The number of benzene rings is 2. The van der Waals surface area contributed by atoms with Crippen LogP contribution in [0.5, 0.6) is 5.75 Å². The fourth-order valence-corrected chi connectivity index (χ4v) is 4.75. The summed E-state index contributed by atoms with van der Waals surface area (Å²) in [5, 5.41) is 9.99. The first-order valence-corrected chi connectivity index (χ1v) is 9.86. The summed E-state index contributed by atoms with van der Waals surface area (Å²) in [6, 6.07) is 16.7. The Balaban J connectivity index is 1.49. The van der Waals surface area contributed by atoms with Gasteiger partial charge in [-0.05, 0) is 42.4 Å². The van der Waals surface area contributed by atoms with Gasteiger partial charge in [0.05, 0.1) is 11.5 Å². The van der Waals surface area contributed by atoms with Crippen molar-refractivity contribution in [2.24, 2.45) is 5.41 Å². The van der Waals surface area contributed by atoms with Crippen molar-refractivity contribution < 1.29 is 14.7 Å². The summed E-state index contributed by atoms with van der Waals surface area (Å²) >= 11 is 0. The predicted octanol–water partition coefficient (Wildman–Crippen LogP) is 3.26. The van der Waals surface area contributed by atoms with Gasteiger partial charge in [-0.1, -0.05) is 42.5 Å². The second-order valence-electron chi connectivity index (χ2n) is 8.17. The molecule has 2 aromatic rings. The molecule has 2 aliphatic rings. The minimum atomic E-state index is -0.118. The Labute approximate surface area is 165 Å². The fourth-order valence-electron chi connectivity index (χ4n) is 4.75. The summed E-state index contributed by atoms with van der Waals surface area (Å²) < 4.78 is 0. The molecule has 146 valence electrons. The van der Waals surface area contributed by atoms with E-state index in [0.717, 1.165) is 31.4 Å². The monoisotopic (exact) mass is 378 g/mol. The number of likely N-dealkylation sites (N-methyl/N-ethyl adjacent to an activating group) is 1. The maximum absolute atomic E-state index is 12.8. The molecule has 1 N–H and O–H groups in total. The molecular weight excluding hydrogens is 352 g/mol. The number of hydrogen-bond acceptors (Lipinski definition) is 3. The number of phenols is 1. The van der Waals surface area contributed by atoms with Gasteiger partial charge in [-0.3, -0.25) is 9.59 Å². The number of amides is 2. The number of nitrogens with zero attached hydrogens (tertiary/aromatic N) is 2. The van der Waals surface area contributed by atoms with Crippen LogP contribution in [-0.2, 0) is 4.79 Å². The summed E-state index contributed by atoms with van der Waals surface area (Å²) in [4.78, 5) is 29.3. The minimum absolute atomic E-state index is 0.0277. The highest BCUT2D eigenvalue weighted by molar-refractivity contribution is 5.96. The SMILES string of the molecule is CN1CC2(CCN(C(=O)c3ccccc3O)CC2)C[C@@H](c2ccccc2)C1=O. The Bertz CT molecular complexity index is 872. The van der Waals surface area contributed by atoms with Crippen LogP contribution in [-0.4, -0.2) is 53.4 Å². The predicted molar refractivity (Wildman–Crippen MR) is 107 cm³/mol. The maximum Gasteiger partial charge on any atom is 0.257 e. The number of para-hydroxylation sites is 1. The second kappa shape index (κ2) is 7.30. The van der Waals surface area contributed by atoms with Crippen LogP contribution in [0.4, 0.5) is 0 Å². The van der Waals surface area contributed by atoms with E-state index in [9.17, 15) is 14.7 Å². The van der Waals surface area contributed by atoms with E-state index in [1.165, 1.54) is 0 Å². The van der Waals surface area contributed by atoms with Crippen molar-refractivity contribution in [3.63, 3.8) is 0 Å². The molecule has 0 unspecified atom stereocenters. The number of carbonyl (C=O) groups is 2. The average Bonchev–Trinajstić information content (AvgIpc) is 2.72. The van der Waals surface area contributed by atoms with Gasteiger partial charge < -0.3 is 14.9 Å². The molecule has 0 aromatic heterocycles. The molecule has 2 saturated heterocycles. The summed E-state index contributed by atoms with van der Waals surface area (Å²) in [6.45, 7) is 2.04. The Hall–Kier alpha value is -2.82. The number of piperidine rings is 2.